The molecule has 1 aliphatic rings. The molecular formula is C15H18BrNO4. The molecule has 1 aromatic carbocycles. The molecule has 114 valence electrons. The highest BCUT2D eigenvalue weighted by atomic mass is 79.9. The number of piperidine rings is 1. The van der Waals surface area contributed by atoms with Gasteiger partial charge in [0.15, 0.2) is 0 Å². The van der Waals surface area contributed by atoms with Gasteiger partial charge in [-0.05, 0) is 53.4 Å². The third-order valence-corrected chi connectivity index (χ3v) is 4.33. The summed E-state index contributed by atoms with van der Waals surface area (Å²) in [6, 6.07) is 4.71. The van der Waals surface area contributed by atoms with Crippen LogP contribution in [0.5, 0.6) is 5.75 Å². The Morgan fingerprint density at radius 1 is 1.29 bits per heavy atom. The predicted octanol–water partition coefficient (Wildman–Crippen LogP) is 2.63. The molecule has 5 nitrogen and oxygen atoms in total. The number of methoxy groups -OCH3 is 2. The van der Waals surface area contributed by atoms with E-state index in [2.05, 4.69) is 15.9 Å². The first-order valence-electron chi connectivity index (χ1n) is 6.80. The Kier molecular flexibility index (Phi) is 5.22. The summed E-state index contributed by atoms with van der Waals surface area (Å²) in [4.78, 5) is 26.2. The van der Waals surface area contributed by atoms with Gasteiger partial charge in [0.05, 0.1) is 19.8 Å². The van der Waals surface area contributed by atoms with Crippen LogP contribution < -0.4 is 4.74 Å². The number of hydrogen-bond acceptors (Lipinski definition) is 4. The fraction of sp³-hybridized carbons (Fsp3) is 0.467. The maximum atomic E-state index is 12.8. The van der Waals surface area contributed by atoms with Crippen molar-refractivity contribution in [1.29, 1.82) is 0 Å². The minimum atomic E-state index is -0.505. The van der Waals surface area contributed by atoms with Crippen LogP contribution >= 0.6 is 15.9 Å². The van der Waals surface area contributed by atoms with Gasteiger partial charge >= 0.3 is 5.97 Å². The van der Waals surface area contributed by atoms with Crippen LogP contribution in [-0.2, 0) is 9.53 Å². The predicted molar refractivity (Wildman–Crippen MR) is 81.4 cm³/mol. The number of likely N-dealkylation sites (tertiary alicyclic amines) is 1. The van der Waals surface area contributed by atoms with Gasteiger partial charge in [0, 0.05) is 11.0 Å². The Balaban J connectivity index is 2.30. The number of carbonyl (C=O) groups excluding carboxylic acids is 2. The molecule has 1 atom stereocenters. The molecule has 0 saturated carbocycles. The summed E-state index contributed by atoms with van der Waals surface area (Å²) in [6.45, 7) is 0.558. The van der Waals surface area contributed by atoms with Crippen LogP contribution in [0.2, 0.25) is 0 Å². The lowest BCUT2D eigenvalue weighted by Gasteiger charge is -2.34. The van der Waals surface area contributed by atoms with Crippen molar-refractivity contribution in [3.63, 3.8) is 0 Å². The van der Waals surface area contributed by atoms with E-state index >= 15 is 0 Å². The van der Waals surface area contributed by atoms with Gasteiger partial charge in [0.2, 0.25) is 0 Å². The van der Waals surface area contributed by atoms with Crippen molar-refractivity contribution in [2.24, 2.45) is 0 Å². The lowest BCUT2D eigenvalue weighted by molar-refractivity contribution is -0.147. The average Bonchev–Trinajstić information content (AvgIpc) is 2.54. The van der Waals surface area contributed by atoms with Gasteiger partial charge in [-0.15, -0.1) is 0 Å². The third-order valence-electron chi connectivity index (χ3n) is 3.64. The van der Waals surface area contributed by atoms with E-state index in [9.17, 15) is 9.59 Å². The van der Waals surface area contributed by atoms with Crippen molar-refractivity contribution in [3.05, 3.63) is 28.2 Å². The van der Waals surface area contributed by atoms with Gasteiger partial charge in [-0.25, -0.2) is 4.79 Å². The topological polar surface area (TPSA) is 55.8 Å². The summed E-state index contributed by atoms with van der Waals surface area (Å²) < 4.78 is 10.7. The molecule has 21 heavy (non-hydrogen) atoms. The molecule has 0 unspecified atom stereocenters. The Hall–Kier alpha value is -1.56. The molecule has 1 aliphatic heterocycles. The fourth-order valence-corrected chi connectivity index (χ4v) is 2.92. The highest BCUT2D eigenvalue weighted by Gasteiger charge is 2.34. The Bertz CT molecular complexity index is 546. The van der Waals surface area contributed by atoms with E-state index in [0.717, 1.165) is 12.8 Å². The number of carbonyl (C=O) groups is 2. The van der Waals surface area contributed by atoms with Crippen molar-refractivity contribution < 1.29 is 19.1 Å². The van der Waals surface area contributed by atoms with Gasteiger partial charge in [-0.1, -0.05) is 0 Å². The molecule has 0 aliphatic carbocycles. The largest absolute Gasteiger partial charge is 0.497 e. The molecule has 1 heterocycles. The highest BCUT2D eigenvalue weighted by Crippen LogP contribution is 2.27. The third kappa shape index (κ3) is 3.37. The number of ether oxygens (including phenoxy) is 2. The van der Waals surface area contributed by atoms with Gasteiger partial charge < -0.3 is 14.4 Å². The SMILES string of the molecule is COC(=O)[C@@H]1CCCCN1C(=O)c1cc(OC)ccc1Br. The molecule has 0 radical (unpaired) electrons. The molecule has 1 aromatic rings. The van der Waals surface area contributed by atoms with Crippen molar-refractivity contribution in [2.45, 2.75) is 25.3 Å². The molecule has 1 fully saturated rings. The highest BCUT2D eigenvalue weighted by molar-refractivity contribution is 9.10. The molecule has 1 saturated heterocycles. The molecule has 0 aromatic heterocycles. The molecular weight excluding hydrogens is 338 g/mol. The number of benzene rings is 1. The van der Waals surface area contributed by atoms with Gasteiger partial charge in [-0.3, -0.25) is 4.79 Å². The van der Waals surface area contributed by atoms with E-state index in [-0.39, 0.29) is 11.9 Å². The number of esters is 1. The number of nitrogens with zero attached hydrogens (tertiary/aromatic N) is 1. The Labute approximate surface area is 132 Å². The lowest BCUT2D eigenvalue weighted by Crippen LogP contribution is -2.48. The second kappa shape index (κ2) is 6.93. The Morgan fingerprint density at radius 2 is 2.05 bits per heavy atom. The standard InChI is InChI=1S/C15H18BrNO4/c1-20-10-6-7-12(16)11(9-10)14(18)17-8-4-3-5-13(17)15(19)21-2/h6-7,9,13H,3-5,8H2,1-2H3/t13-/m0/s1. The number of hydrogen-bond donors (Lipinski definition) is 0. The van der Waals surface area contributed by atoms with Crippen LogP contribution in [-0.4, -0.2) is 43.6 Å². The van der Waals surface area contributed by atoms with E-state index < -0.39 is 6.04 Å². The average molecular weight is 356 g/mol. The molecule has 2 rings (SSSR count). The number of amides is 1. The maximum Gasteiger partial charge on any atom is 0.328 e. The molecule has 6 heteroatoms. The quantitative estimate of drug-likeness (QED) is 0.782. The van der Waals surface area contributed by atoms with Crippen LogP contribution in [0.1, 0.15) is 29.6 Å². The second-order valence-corrected chi connectivity index (χ2v) is 5.73. The van der Waals surface area contributed by atoms with Crippen LogP contribution in [0, 0.1) is 0 Å². The first kappa shape index (κ1) is 15.8. The van der Waals surface area contributed by atoms with Crippen molar-refractivity contribution in [2.75, 3.05) is 20.8 Å². The molecule has 0 bridgehead atoms. The lowest BCUT2D eigenvalue weighted by atomic mass is 10.0. The first-order chi connectivity index (χ1) is 10.1. The van der Waals surface area contributed by atoms with E-state index in [0.29, 0.717) is 28.8 Å². The summed E-state index contributed by atoms with van der Waals surface area (Å²) >= 11 is 3.38. The summed E-state index contributed by atoms with van der Waals surface area (Å²) in [6.07, 6.45) is 2.45. The van der Waals surface area contributed by atoms with Crippen molar-refractivity contribution >= 4 is 27.8 Å². The van der Waals surface area contributed by atoms with E-state index in [1.54, 1.807) is 30.2 Å². The van der Waals surface area contributed by atoms with Gasteiger partial charge in [0.25, 0.3) is 5.91 Å². The second-order valence-electron chi connectivity index (χ2n) is 4.88. The van der Waals surface area contributed by atoms with Crippen LogP contribution in [0.3, 0.4) is 0 Å². The molecule has 1 amide bonds. The minimum Gasteiger partial charge on any atom is -0.497 e. The smallest absolute Gasteiger partial charge is 0.328 e. The van der Waals surface area contributed by atoms with E-state index in [4.69, 9.17) is 9.47 Å². The van der Waals surface area contributed by atoms with Crippen LogP contribution in [0.15, 0.2) is 22.7 Å². The zero-order valence-corrected chi connectivity index (χ0v) is 13.7. The summed E-state index contributed by atoms with van der Waals surface area (Å²) in [7, 11) is 2.90. The van der Waals surface area contributed by atoms with Gasteiger partial charge in [0.1, 0.15) is 11.8 Å². The minimum absolute atomic E-state index is 0.184. The fourth-order valence-electron chi connectivity index (χ4n) is 2.51. The zero-order chi connectivity index (χ0) is 15.4. The van der Waals surface area contributed by atoms with Crippen molar-refractivity contribution in [3.8, 4) is 5.75 Å². The molecule has 0 spiro atoms. The molecule has 0 N–H and O–H groups in total. The normalized spacial score (nSPS) is 18.2. The van der Waals surface area contributed by atoms with Crippen LogP contribution in [0.4, 0.5) is 0 Å². The van der Waals surface area contributed by atoms with Crippen LogP contribution in [0.25, 0.3) is 0 Å². The van der Waals surface area contributed by atoms with Crippen molar-refractivity contribution in [1.82, 2.24) is 4.90 Å². The number of halogens is 1. The zero-order valence-electron chi connectivity index (χ0n) is 12.1. The van der Waals surface area contributed by atoms with Gasteiger partial charge in [-0.2, -0.15) is 0 Å². The van der Waals surface area contributed by atoms with E-state index in [1.165, 1.54) is 7.11 Å². The number of rotatable bonds is 3. The maximum absolute atomic E-state index is 12.8. The monoisotopic (exact) mass is 355 g/mol. The summed E-state index contributed by atoms with van der Waals surface area (Å²) in [5.41, 5.74) is 0.491. The van der Waals surface area contributed by atoms with E-state index in [1.807, 2.05) is 0 Å². The summed E-state index contributed by atoms with van der Waals surface area (Å²) in [5, 5.41) is 0. The first-order valence-corrected chi connectivity index (χ1v) is 7.60. The summed E-state index contributed by atoms with van der Waals surface area (Å²) in [5.74, 6) is 0.0612. The Morgan fingerprint density at radius 3 is 2.71 bits per heavy atom.